The highest BCUT2D eigenvalue weighted by molar-refractivity contribution is 5.89. The largest absolute Gasteiger partial charge is 0.373 e. The quantitative estimate of drug-likeness (QED) is 0.674. The Morgan fingerprint density at radius 1 is 1.21 bits per heavy atom. The van der Waals surface area contributed by atoms with E-state index in [0.717, 1.165) is 35.1 Å². The average Bonchev–Trinajstić information content (AvgIpc) is 3.41. The lowest BCUT2D eigenvalue weighted by Gasteiger charge is -2.42. The Morgan fingerprint density at radius 2 is 2.14 bits per heavy atom. The van der Waals surface area contributed by atoms with E-state index in [1.54, 1.807) is 24.8 Å². The van der Waals surface area contributed by atoms with Gasteiger partial charge in [0.2, 0.25) is 0 Å². The van der Waals surface area contributed by atoms with Crippen LogP contribution in [0.1, 0.15) is 43.0 Å². The first-order valence-electron chi connectivity index (χ1n) is 9.93. The van der Waals surface area contributed by atoms with Gasteiger partial charge in [-0.2, -0.15) is 0 Å². The molecule has 29 heavy (non-hydrogen) atoms. The van der Waals surface area contributed by atoms with Crippen LogP contribution in [0.3, 0.4) is 0 Å². The van der Waals surface area contributed by atoms with Gasteiger partial charge in [0, 0.05) is 30.6 Å². The summed E-state index contributed by atoms with van der Waals surface area (Å²) in [6.07, 6.45) is 9.47. The fourth-order valence-electron chi connectivity index (χ4n) is 4.76. The molecule has 8 nitrogen and oxygen atoms in total. The van der Waals surface area contributed by atoms with E-state index in [1.165, 1.54) is 0 Å². The number of rotatable bonds is 4. The molecule has 0 N–H and O–H groups in total. The molecule has 3 aromatic rings. The van der Waals surface area contributed by atoms with Gasteiger partial charge in [0.25, 0.3) is 5.91 Å². The van der Waals surface area contributed by atoms with E-state index in [9.17, 15) is 4.79 Å². The van der Waals surface area contributed by atoms with Crippen LogP contribution in [0, 0.1) is 0 Å². The molecule has 6 rings (SSSR count). The molecule has 1 aliphatic carbocycles. The fraction of sp³-hybridized carbons (Fsp3) is 0.429. The van der Waals surface area contributed by atoms with E-state index in [4.69, 9.17) is 14.0 Å². The van der Waals surface area contributed by atoms with E-state index in [0.29, 0.717) is 19.4 Å². The number of hydrogen-bond acceptors (Lipinski definition) is 7. The molecule has 8 heteroatoms. The third-order valence-corrected chi connectivity index (χ3v) is 6.26. The van der Waals surface area contributed by atoms with Crippen LogP contribution in [-0.2, 0) is 20.9 Å². The van der Waals surface area contributed by atoms with Gasteiger partial charge in [0.1, 0.15) is 6.23 Å². The monoisotopic (exact) mass is 392 g/mol. The Kier molecular flexibility index (Phi) is 3.72. The number of carbonyl (C=O) groups excluding carboxylic acids is 1. The van der Waals surface area contributed by atoms with Gasteiger partial charge in [-0.25, -0.2) is 0 Å². The molecule has 148 valence electrons. The normalized spacial score (nSPS) is 30.8. The number of aromatic nitrogens is 3. The summed E-state index contributed by atoms with van der Waals surface area (Å²) >= 11 is 0. The molecule has 1 saturated carbocycles. The van der Waals surface area contributed by atoms with Crippen LogP contribution in [0.5, 0.6) is 0 Å². The molecule has 2 aromatic heterocycles. The van der Waals surface area contributed by atoms with Crippen LogP contribution in [0.15, 0.2) is 47.5 Å². The van der Waals surface area contributed by atoms with Gasteiger partial charge >= 0.3 is 0 Å². The molecule has 0 unspecified atom stereocenters. The number of ether oxygens (including phenoxy) is 2. The molecule has 2 atom stereocenters. The highest BCUT2D eigenvalue weighted by Gasteiger charge is 2.63. The van der Waals surface area contributed by atoms with Gasteiger partial charge in [-0.3, -0.25) is 14.8 Å². The third-order valence-electron chi connectivity index (χ3n) is 6.26. The maximum Gasteiger partial charge on any atom is 0.257 e. The molecule has 0 bridgehead atoms. The first-order valence-corrected chi connectivity index (χ1v) is 9.93. The van der Waals surface area contributed by atoms with Gasteiger partial charge < -0.3 is 18.9 Å². The van der Waals surface area contributed by atoms with Crippen LogP contribution in [-0.4, -0.2) is 43.9 Å². The number of nitrogens with zero attached hydrogens (tertiary/aromatic N) is 4. The maximum atomic E-state index is 13.2. The lowest BCUT2D eigenvalue weighted by molar-refractivity contribution is -0.177. The summed E-state index contributed by atoms with van der Waals surface area (Å²) in [6, 6.07) is 5.87. The topological polar surface area (TPSA) is 90.6 Å². The van der Waals surface area contributed by atoms with Crippen molar-refractivity contribution in [2.45, 2.75) is 56.3 Å². The van der Waals surface area contributed by atoms with Gasteiger partial charge in [0.05, 0.1) is 36.8 Å². The van der Waals surface area contributed by atoms with E-state index < -0.39 is 5.60 Å². The Labute approximate surface area is 166 Å². The molecule has 3 aliphatic rings. The minimum atomic E-state index is -0.731. The maximum absolute atomic E-state index is 13.2. The summed E-state index contributed by atoms with van der Waals surface area (Å²) in [6.45, 7) is 0.473. The number of amides is 1. The van der Waals surface area contributed by atoms with Gasteiger partial charge in [0.15, 0.2) is 11.2 Å². The molecule has 0 radical (unpaired) electrons. The molecular formula is C21H20N4O4. The lowest BCUT2D eigenvalue weighted by atomic mass is 9.76. The van der Waals surface area contributed by atoms with Crippen molar-refractivity contribution >= 4 is 16.9 Å². The number of carbonyl (C=O) groups is 1. The Bertz CT molecular complexity index is 1060. The standard InChI is InChI=1S/C21H20N4O4/c26-20-21(28-19-4-3-17(25(19)20)16-11-22-5-6-23-16)8-15(9-21)27-12-13-1-2-14-10-24-29-18(14)7-13/h1-2,5-7,10-11,15,17,19H,3-4,8-9,12H2/t15?,17-,19+,21?/m0/s1. The second kappa shape index (κ2) is 6.33. The molecule has 3 fully saturated rings. The highest BCUT2D eigenvalue weighted by Crippen LogP contribution is 2.51. The first kappa shape index (κ1) is 17.1. The Hall–Kier alpha value is -2.84. The average molecular weight is 392 g/mol. The van der Waals surface area contributed by atoms with Crippen molar-refractivity contribution < 1.29 is 18.8 Å². The smallest absolute Gasteiger partial charge is 0.257 e. The predicted molar refractivity (Wildman–Crippen MR) is 100 cm³/mol. The minimum Gasteiger partial charge on any atom is -0.373 e. The summed E-state index contributed by atoms with van der Waals surface area (Å²) in [7, 11) is 0. The summed E-state index contributed by atoms with van der Waals surface area (Å²) < 4.78 is 17.4. The van der Waals surface area contributed by atoms with Crippen molar-refractivity contribution in [1.29, 1.82) is 0 Å². The SMILES string of the molecule is O=C1N2[C@@H](CC[C@H]2c2cnccn2)OC12CC(OCc1ccc3cnoc3c1)C2. The fourth-order valence-corrected chi connectivity index (χ4v) is 4.76. The molecule has 1 aromatic carbocycles. The van der Waals surface area contributed by atoms with Crippen LogP contribution in [0.4, 0.5) is 0 Å². The first-order chi connectivity index (χ1) is 14.2. The van der Waals surface area contributed by atoms with Gasteiger partial charge in [-0.05, 0) is 30.5 Å². The van der Waals surface area contributed by atoms with E-state index in [2.05, 4.69) is 15.1 Å². The number of fused-ring (bicyclic) bond motifs is 2. The Balaban J connectivity index is 1.11. The summed E-state index contributed by atoms with van der Waals surface area (Å²) in [5.74, 6) is 0.0681. The van der Waals surface area contributed by atoms with Crippen molar-refractivity contribution in [3.05, 3.63) is 54.2 Å². The summed E-state index contributed by atoms with van der Waals surface area (Å²) in [5.41, 5.74) is 1.88. The number of benzene rings is 1. The van der Waals surface area contributed by atoms with E-state index in [-0.39, 0.29) is 24.3 Å². The zero-order valence-electron chi connectivity index (χ0n) is 15.7. The van der Waals surface area contributed by atoms with Crippen LogP contribution in [0.2, 0.25) is 0 Å². The molecule has 4 heterocycles. The van der Waals surface area contributed by atoms with Crippen molar-refractivity contribution in [3.63, 3.8) is 0 Å². The van der Waals surface area contributed by atoms with Gasteiger partial charge in [-0.15, -0.1) is 0 Å². The van der Waals surface area contributed by atoms with Crippen molar-refractivity contribution in [2.75, 3.05) is 0 Å². The molecule has 2 saturated heterocycles. The van der Waals surface area contributed by atoms with E-state index >= 15 is 0 Å². The summed E-state index contributed by atoms with van der Waals surface area (Å²) in [5, 5.41) is 4.77. The second-order valence-corrected chi connectivity index (χ2v) is 8.04. The van der Waals surface area contributed by atoms with Crippen molar-refractivity contribution in [2.24, 2.45) is 0 Å². The molecule has 1 amide bonds. The van der Waals surface area contributed by atoms with Crippen LogP contribution < -0.4 is 0 Å². The molecule has 2 aliphatic heterocycles. The van der Waals surface area contributed by atoms with E-state index in [1.807, 2.05) is 23.1 Å². The molecular weight excluding hydrogens is 372 g/mol. The van der Waals surface area contributed by atoms with Crippen LogP contribution in [0.25, 0.3) is 11.0 Å². The second-order valence-electron chi connectivity index (χ2n) is 8.04. The highest BCUT2D eigenvalue weighted by atomic mass is 16.6. The molecule has 1 spiro atoms. The zero-order chi connectivity index (χ0) is 19.4. The summed E-state index contributed by atoms with van der Waals surface area (Å²) in [4.78, 5) is 23.6. The zero-order valence-corrected chi connectivity index (χ0v) is 15.7. The van der Waals surface area contributed by atoms with Crippen molar-refractivity contribution in [3.8, 4) is 0 Å². The minimum absolute atomic E-state index is 0.0133. The lowest BCUT2D eigenvalue weighted by Crippen LogP contribution is -2.54. The Morgan fingerprint density at radius 3 is 3.00 bits per heavy atom. The van der Waals surface area contributed by atoms with Crippen molar-refractivity contribution in [1.82, 2.24) is 20.0 Å². The predicted octanol–water partition coefficient (Wildman–Crippen LogP) is 2.76. The van der Waals surface area contributed by atoms with Crippen LogP contribution >= 0.6 is 0 Å². The third kappa shape index (κ3) is 2.67. The number of hydrogen-bond donors (Lipinski definition) is 0. The van der Waals surface area contributed by atoms with Gasteiger partial charge in [-0.1, -0.05) is 11.2 Å².